The fourth-order valence-electron chi connectivity index (χ4n) is 2.56. The van der Waals surface area contributed by atoms with Crippen LogP contribution in [0.2, 0.25) is 0 Å². The minimum atomic E-state index is -2.03. The van der Waals surface area contributed by atoms with Crippen molar-refractivity contribution in [2.75, 3.05) is 6.61 Å². The summed E-state index contributed by atoms with van der Waals surface area (Å²) in [5.74, 6) is -3.67. The van der Waals surface area contributed by atoms with Gasteiger partial charge in [-0.25, -0.2) is 0 Å². The summed E-state index contributed by atoms with van der Waals surface area (Å²) in [6, 6.07) is 0. The number of ketones is 1. The van der Waals surface area contributed by atoms with Gasteiger partial charge in [-0.1, -0.05) is 0 Å². The summed E-state index contributed by atoms with van der Waals surface area (Å²) in [7, 11) is 0. The zero-order chi connectivity index (χ0) is 20.9. The molecule has 0 saturated carbocycles. The fourth-order valence-corrected chi connectivity index (χ4v) is 2.90. The molecule has 1 fully saturated rings. The fraction of sp³-hybridized carbons (Fsp3) is 0.688. The highest BCUT2D eigenvalue weighted by molar-refractivity contribution is 7.82. The molecule has 0 aliphatic carbocycles. The summed E-state index contributed by atoms with van der Waals surface area (Å²) in [6.07, 6.45) is -5.48. The predicted molar refractivity (Wildman–Crippen MR) is 90.6 cm³/mol. The van der Waals surface area contributed by atoms with E-state index in [1.807, 2.05) is 0 Å². The Balaban J connectivity index is 3.43. The minimum absolute atomic E-state index is 0.423. The van der Waals surface area contributed by atoms with E-state index in [0.29, 0.717) is 0 Å². The maximum atomic E-state index is 12.2. The van der Waals surface area contributed by atoms with E-state index in [2.05, 4.69) is 12.6 Å². The first-order valence-electron chi connectivity index (χ1n) is 7.94. The van der Waals surface area contributed by atoms with Crippen molar-refractivity contribution in [3.63, 3.8) is 0 Å². The van der Waals surface area contributed by atoms with E-state index in [1.54, 1.807) is 0 Å². The molecule has 1 saturated heterocycles. The van der Waals surface area contributed by atoms with Crippen molar-refractivity contribution in [1.29, 1.82) is 0 Å². The van der Waals surface area contributed by atoms with Crippen molar-refractivity contribution >= 4 is 42.3 Å². The second-order valence-corrected chi connectivity index (χ2v) is 6.55. The first kappa shape index (κ1) is 22.9. The molecule has 0 aromatic heterocycles. The maximum absolute atomic E-state index is 12.2. The molecule has 0 spiro atoms. The van der Waals surface area contributed by atoms with Gasteiger partial charge in [0.1, 0.15) is 12.7 Å². The Hall–Kier alpha value is -2.14. The van der Waals surface area contributed by atoms with Crippen molar-refractivity contribution in [2.24, 2.45) is 0 Å². The smallest absolute Gasteiger partial charge is 0.303 e. The quantitative estimate of drug-likeness (QED) is 0.364. The van der Waals surface area contributed by atoms with E-state index in [4.69, 9.17) is 23.7 Å². The van der Waals surface area contributed by atoms with Gasteiger partial charge in [0.2, 0.25) is 4.93 Å². The molecular formula is C16H22O10S. The number of Topliss-reactive ketones (excluding diaryl/α,β-unsaturated/α-hetero) is 1. The van der Waals surface area contributed by atoms with E-state index < -0.39 is 65.6 Å². The summed E-state index contributed by atoms with van der Waals surface area (Å²) in [5.41, 5.74) is 0. The van der Waals surface area contributed by atoms with Gasteiger partial charge in [0, 0.05) is 27.7 Å². The number of ether oxygens (including phenoxy) is 5. The molecule has 1 aliphatic rings. The number of hydrogen-bond donors (Lipinski definition) is 1. The summed E-state index contributed by atoms with van der Waals surface area (Å²) in [4.78, 5) is 56.0. The lowest BCUT2D eigenvalue weighted by Crippen LogP contribution is -2.68. The van der Waals surface area contributed by atoms with Gasteiger partial charge in [-0.15, -0.1) is 12.6 Å². The summed E-state index contributed by atoms with van der Waals surface area (Å²) in [5, 5.41) is 0. The third-order valence-electron chi connectivity index (χ3n) is 3.56. The highest BCUT2D eigenvalue weighted by Crippen LogP contribution is 2.39. The lowest BCUT2D eigenvalue weighted by Gasteiger charge is -2.48. The van der Waals surface area contributed by atoms with Crippen LogP contribution in [0.1, 0.15) is 34.6 Å². The topological polar surface area (TPSA) is 132 Å². The number of carbonyl (C=O) groups excluding carboxylic acids is 5. The molecule has 0 aromatic rings. The molecule has 1 aliphatic heterocycles. The van der Waals surface area contributed by atoms with Crippen LogP contribution in [-0.2, 0) is 47.7 Å². The Morgan fingerprint density at radius 3 is 1.70 bits per heavy atom. The molecule has 0 N–H and O–H groups in total. The van der Waals surface area contributed by atoms with E-state index in [1.165, 1.54) is 0 Å². The molecule has 0 bridgehead atoms. The average molecular weight is 406 g/mol. The zero-order valence-corrected chi connectivity index (χ0v) is 16.4. The van der Waals surface area contributed by atoms with Crippen molar-refractivity contribution in [3.8, 4) is 0 Å². The highest BCUT2D eigenvalue weighted by Gasteiger charge is 2.60. The first-order chi connectivity index (χ1) is 12.4. The highest BCUT2D eigenvalue weighted by atomic mass is 32.1. The van der Waals surface area contributed by atoms with Gasteiger partial charge in [-0.2, -0.15) is 0 Å². The van der Waals surface area contributed by atoms with Crippen LogP contribution in [0.15, 0.2) is 0 Å². The Morgan fingerprint density at radius 2 is 1.30 bits per heavy atom. The molecule has 27 heavy (non-hydrogen) atoms. The van der Waals surface area contributed by atoms with Gasteiger partial charge in [-0.05, 0) is 6.92 Å². The Morgan fingerprint density at radius 1 is 0.815 bits per heavy atom. The molecule has 1 rings (SSSR count). The summed E-state index contributed by atoms with van der Waals surface area (Å²) < 4.78 is 26.0. The predicted octanol–water partition coefficient (Wildman–Crippen LogP) is -0.0415. The molecule has 0 unspecified atom stereocenters. The molecule has 0 amide bonds. The SMILES string of the molecule is CC(=O)OC[C@H]1O[C@](S)(C(C)=O)[C@@H](OC(C)=O)[C@@H](OC(C)=O)[C@@H]1OC(C)=O. The van der Waals surface area contributed by atoms with Crippen LogP contribution >= 0.6 is 12.6 Å². The van der Waals surface area contributed by atoms with Crippen LogP contribution in [0, 0.1) is 0 Å². The van der Waals surface area contributed by atoms with E-state index in [9.17, 15) is 24.0 Å². The van der Waals surface area contributed by atoms with Gasteiger partial charge in [-0.3, -0.25) is 24.0 Å². The molecule has 1 heterocycles. The summed E-state index contributed by atoms with van der Waals surface area (Å²) in [6.45, 7) is 5.11. The molecule has 0 aromatic carbocycles. The van der Waals surface area contributed by atoms with Gasteiger partial charge < -0.3 is 23.7 Å². The van der Waals surface area contributed by atoms with Gasteiger partial charge in [0.05, 0.1) is 0 Å². The third kappa shape index (κ3) is 5.93. The van der Waals surface area contributed by atoms with Crippen LogP contribution in [-0.4, -0.2) is 65.6 Å². The van der Waals surface area contributed by atoms with Crippen LogP contribution in [0.25, 0.3) is 0 Å². The lowest BCUT2D eigenvalue weighted by atomic mass is 9.91. The number of carbonyl (C=O) groups is 5. The first-order valence-corrected chi connectivity index (χ1v) is 8.39. The van der Waals surface area contributed by atoms with E-state index in [0.717, 1.165) is 34.6 Å². The zero-order valence-electron chi connectivity index (χ0n) is 15.5. The molecule has 0 radical (unpaired) electrons. The van der Waals surface area contributed by atoms with E-state index >= 15 is 0 Å². The van der Waals surface area contributed by atoms with Crippen molar-refractivity contribution < 1.29 is 47.7 Å². The van der Waals surface area contributed by atoms with Crippen LogP contribution in [0.4, 0.5) is 0 Å². The van der Waals surface area contributed by atoms with Gasteiger partial charge in [0.15, 0.2) is 24.1 Å². The molecular weight excluding hydrogens is 384 g/mol. The molecule has 11 heteroatoms. The van der Waals surface area contributed by atoms with E-state index in [-0.39, 0.29) is 0 Å². The third-order valence-corrected chi connectivity index (χ3v) is 4.23. The Kier molecular flexibility index (Phi) is 7.78. The standard InChI is InChI=1S/C16H22O10S/c1-7(17)16(27)15(25-11(5)21)14(24-10(4)20)13(23-9(3)19)12(26-16)6-22-8(2)18/h12-15,27H,6H2,1-5H3/t12-,13-,14+,15+,16+/m1/s1. The number of thiol groups is 1. The second-order valence-electron chi connectivity index (χ2n) is 5.89. The second kappa shape index (κ2) is 9.18. The van der Waals surface area contributed by atoms with Crippen molar-refractivity contribution in [3.05, 3.63) is 0 Å². The Labute approximate surface area is 161 Å². The minimum Gasteiger partial charge on any atom is -0.463 e. The maximum Gasteiger partial charge on any atom is 0.303 e. The van der Waals surface area contributed by atoms with Crippen molar-refractivity contribution in [2.45, 2.75) is 64.0 Å². The van der Waals surface area contributed by atoms with Gasteiger partial charge >= 0.3 is 23.9 Å². The molecule has 10 nitrogen and oxygen atoms in total. The van der Waals surface area contributed by atoms with Crippen LogP contribution < -0.4 is 0 Å². The largest absolute Gasteiger partial charge is 0.463 e. The monoisotopic (exact) mass is 406 g/mol. The number of hydrogen-bond acceptors (Lipinski definition) is 11. The summed E-state index contributed by atoms with van der Waals surface area (Å²) >= 11 is 4.21. The lowest BCUT2D eigenvalue weighted by molar-refractivity contribution is -0.255. The average Bonchev–Trinajstić information content (AvgIpc) is 2.50. The number of rotatable bonds is 6. The normalized spacial score (nSPS) is 30.0. The van der Waals surface area contributed by atoms with Crippen molar-refractivity contribution in [1.82, 2.24) is 0 Å². The Bertz CT molecular complexity index is 633. The molecule has 152 valence electrons. The van der Waals surface area contributed by atoms with Gasteiger partial charge in [0.25, 0.3) is 0 Å². The van der Waals surface area contributed by atoms with Crippen LogP contribution in [0.3, 0.4) is 0 Å². The number of esters is 4. The van der Waals surface area contributed by atoms with Crippen LogP contribution in [0.5, 0.6) is 0 Å². The molecule has 5 atom stereocenters.